The van der Waals surface area contributed by atoms with Crippen molar-refractivity contribution >= 4 is 5.69 Å². The van der Waals surface area contributed by atoms with Crippen LogP contribution in [0.4, 0.5) is 18.9 Å². The molecule has 0 bridgehead atoms. The molecule has 0 spiro atoms. The lowest BCUT2D eigenvalue weighted by atomic mass is 10.1. The summed E-state index contributed by atoms with van der Waals surface area (Å²) in [4.78, 5) is 0. The monoisotopic (exact) mass is 247 g/mol. The van der Waals surface area contributed by atoms with Crippen molar-refractivity contribution in [1.29, 1.82) is 0 Å². The molecule has 1 aromatic carbocycles. The molecule has 0 saturated carbocycles. The minimum atomic E-state index is -4.36. The Morgan fingerprint density at radius 1 is 1.18 bits per heavy atom. The van der Waals surface area contributed by atoms with Crippen molar-refractivity contribution in [3.05, 3.63) is 29.8 Å². The van der Waals surface area contributed by atoms with Crippen LogP contribution in [0.25, 0.3) is 0 Å². The van der Waals surface area contributed by atoms with E-state index in [1.54, 1.807) is 19.9 Å². The number of para-hydroxylation sites is 1. The molecule has 0 heterocycles. The summed E-state index contributed by atoms with van der Waals surface area (Å²) in [7, 11) is 0. The van der Waals surface area contributed by atoms with Gasteiger partial charge in [0.2, 0.25) is 0 Å². The van der Waals surface area contributed by atoms with Crippen molar-refractivity contribution in [3.8, 4) is 0 Å². The van der Waals surface area contributed by atoms with E-state index in [9.17, 15) is 18.3 Å². The first kappa shape index (κ1) is 13.8. The SMILES string of the molecule is CC(C)(O)CCNc1ccccc1C(F)(F)F. The minimum absolute atomic E-state index is 0.0456. The highest BCUT2D eigenvalue weighted by Gasteiger charge is 2.33. The molecular weight excluding hydrogens is 231 g/mol. The summed E-state index contributed by atoms with van der Waals surface area (Å²) in [5.41, 5.74) is -1.53. The molecule has 0 amide bonds. The summed E-state index contributed by atoms with van der Waals surface area (Å²) in [5.74, 6) is 0. The van der Waals surface area contributed by atoms with Crippen LogP contribution in [0.15, 0.2) is 24.3 Å². The van der Waals surface area contributed by atoms with E-state index in [1.165, 1.54) is 12.1 Å². The molecule has 2 N–H and O–H groups in total. The smallest absolute Gasteiger partial charge is 0.390 e. The third kappa shape index (κ3) is 4.65. The second kappa shape index (κ2) is 4.96. The van der Waals surface area contributed by atoms with Gasteiger partial charge in [-0.2, -0.15) is 13.2 Å². The summed E-state index contributed by atoms with van der Waals surface area (Å²) < 4.78 is 37.9. The first-order chi connectivity index (χ1) is 7.70. The second-order valence-electron chi connectivity index (χ2n) is 4.53. The van der Waals surface area contributed by atoms with E-state index in [0.29, 0.717) is 6.42 Å². The molecule has 0 aliphatic carbocycles. The molecule has 0 unspecified atom stereocenters. The normalized spacial score (nSPS) is 12.6. The van der Waals surface area contributed by atoms with Crippen LogP contribution in [0, 0.1) is 0 Å². The van der Waals surface area contributed by atoms with E-state index in [4.69, 9.17) is 0 Å². The van der Waals surface area contributed by atoms with E-state index in [1.807, 2.05) is 0 Å². The van der Waals surface area contributed by atoms with E-state index in [2.05, 4.69) is 5.32 Å². The molecule has 2 nitrogen and oxygen atoms in total. The van der Waals surface area contributed by atoms with Crippen LogP contribution in [-0.2, 0) is 6.18 Å². The second-order valence-corrected chi connectivity index (χ2v) is 4.53. The lowest BCUT2D eigenvalue weighted by Gasteiger charge is -2.19. The number of nitrogens with one attached hydrogen (secondary N) is 1. The molecule has 5 heteroatoms. The third-order valence-corrected chi connectivity index (χ3v) is 2.28. The molecule has 0 atom stereocenters. The lowest BCUT2D eigenvalue weighted by molar-refractivity contribution is -0.136. The first-order valence-corrected chi connectivity index (χ1v) is 5.33. The Morgan fingerprint density at radius 3 is 2.29 bits per heavy atom. The van der Waals surface area contributed by atoms with Gasteiger partial charge in [0.15, 0.2) is 0 Å². The van der Waals surface area contributed by atoms with E-state index >= 15 is 0 Å². The number of benzene rings is 1. The number of hydrogen-bond donors (Lipinski definition) is 2. The van der Waals surface area contributed by atoms with Crippen molar-refractivity contribution in [2.75, 3.05) is 11.9 Å². The zero-order chi connectivity index (χ0) is 13.1. The number of halogens is 3. The maximum Gasteiger partial charge on any atom is 0.418 e. The summed E-state index contributed by atoms with van der Waals surface area (Å²) in [6, 6.07) is 5.31. The Labute approximate surface area is 98.5 Å². The van der Waals surface area contributed by atoms with E-state index in [0.717, 1.165) is 6.07 Å². The van der Waals surface area contributed by atoms with Crippen LogP contribution >= 0.6 is 0 Å². The fourth-order valence-corrected chi connectivity index (χ4v) is 1.39. The zero-order valence-corrected chi connectivity index (χ0v) is 9.80. The zero-order valence-electron chi connectivity index (χ0n) is 9.80. The van der Waals surface area contributed by atoms with Crippen LogP contribution < -0.4 is 5.32 Å². The van der Waals surface area contributed by atoms with Crippen molar-refractivity contribution in [1.82, 2.24) is 0 Å². The number of anilines is 1. The van der Waals surface area contributed by atoms with Gasteiger partial charge in [0.05, 0.1) is 11.2 Å². The first-order valence-electron chi connectivity index (χ1n) is 5.33. The van der Waals surface area contributed by atoms with Gasteiger partial charge in [0.1, 0.15) is 0 Å². The van der Waals surface area contributed by atoms with Crippen molar-refractivity contribution in [2.45, 2.75) is 32.0 Å². The topological polar surface area (TPSA) is 32.3 Å². The molecule has 0 saturated heterocycles. The Morgan fingerprint density at radius 2 is 1.76 bits per heavy atom. The van der Waals surface area contributed by atoms with Gasteiger partial charge in [-0.05, 0) is 32.4 Å². The molecule has 0 aliphatic heterocycles. The highest BCUT2D eigenvalue weighted by Crippen LogP contribution is 2.34. The van der Waals surface area contributed by atoms with Gasteiger partial charge in [-0.3, -0.25) is 0 Å². The maximum absolute atomic E-state index is 12.6. The van der Waals surface area contributed by atoms with Gasteiger partial charge in [-0.15, -0.1) is 0 Å². The average molecular weight is 247 g/mol. The number of alkyl halides is 3. The van der Waals surface area contributed by atoms with Gasteiger partial charge in [0, 0.05) is 12.2 Å². The molecule has 0 fully saturated rings. The Hall–Kier alpha value is -1.23. The molecule has 96 valence electrons. The van der Waals surface area contributed by atoms with Crippen LogP contribution in [-0.4, -0.2) is 17.3 Å². The van der Waals surface area contributed by atoms with Crippen LogP contribution in [0.1, 0.15) is 25.8 Å². The largest absolute Gasteiger partial charge is 0.418 e. The Balaban J connectivity index is 2.72. The van der Waals surface area contributed by atoms with Gasteiger partial charge in [-0.1, -0.05) is 12.1 Å². The number of rotatable bonds is 4. The summed E-state index contributed by atoms with van der Waals surface area (Å²) in [6.45, 7) is 3.52. The van der Waals surface area contributed by atoms with Crippen molar-refractivity contribution in [2.24, 2.45) is 0 Å². The number of aliphatic hydroxyl groups is 1. The fourth-order valence-electron chi connectivity index (χ4n) is 1.39. The van der Waals surface area contributed by atoms with E-state index in [-0.39, 0.29) is 12.2 Å². The molecular formula is C12H16F3NO. The van der Waals surface area contributed by atoms with Crippen LogP contribution in [0.3, 0.4) is 0 Å². The summed E-state index contributed by atoms with van der Waals surface area (Å²) >= 11 is 0. The molecule has 0 aromatic heterocycles. The van der Waals surface area contributed by atoms with Gasteiger partial charge in [-0.25, -0.2) is 0 Å². The van der Waals surface area contributed by atoms with Gasteiger partial charge >= 0.3 is 6.18 Å². The molecule has 17 heavy (non-hydrogen) atoms. The summed E-state index contributed by atoms with van der Waals surface area (Å²) in [6.07, 6.45) is -3.99. The number of hydrogen-bond acceptors (Lipinski definition) is 2. The predicted molar refractivity (Wildman–Crippen MR) is 60.8 cm³/mol. The minimum Gasteiger partial charge on any atom is -0.390 e. The lowest BCUT2D eigenvalue weighted by Crippen LogP contribution is -2.23. The quantitative estimate of drug-likeness (QED) is 0.855. The Kier molecular flexibility index (Phi) is 4.03. The van der Waals surface area contributed by atoms with Crippen LogP contribution in [0.5, 0.6) is 0 Å². The standard InChI is InChI=1S/C12H16F3NO/c1-11(2,17)7-8-16-10-6-4-3-5-9(10)12(13,14)15/h3-6,16-17H,7-8H2,1-2H3. The van der Waals surface area contributed by atoms with Gasteiger partial charge < -0.3 is 10.4 Å². The fraction of sp³-hybridized carbons (Fsp3) is 0.500. The van der Waals surface area contributed by atoms with Crippen molar-refractivity contribution < 1.29 is 18.3 Å². The molecule has 0 aliphatic rings. The molecule has 1 rings (SSSR count). The Bertz CT molecular complexity index is 369. The highest BCUT2D eigenvalue weighted by molar-refractivity contribution is 5.52. The highest BCUT2D eigenvalue weighted by atomic mass is 19.4. The molecule has 1 aromatic rings. The maximum atomic E-state index is 12.6. The van der Waals surface area contributed by atoms with Crippen LogP contribution in [0.2, 0.25) is 0 Å². The van der Waals surface area contributed by atoms with Crippen molar-refractivity contribution in [3.63, 3.8) is 0 Å². The molecule has 0 radical (unpaired) electrons. The predicted octanol–water partition coefficient (Wildman–Crippen LogP) is 3.28. The summed E-state index contributed by atoms with van der Waals surface area (Å²) in [5, 5.41) is 12.2. The van der Waals surface area contributed by atoms with Gasteiger partial charge in [0.25, 0.3) is 0 Å². The third-order valence-electron chi connectivity index (χ3n) is 2.28. The average Bonchev–Trinajstić information content (AvgIpc) is 2.15. The van der Waals surface area contributed by atoms with E-state index < -0.39 is 17.3 Å².